The van der Waals surface area contributed by atoms with Crippen LogP contribution in [0.15, 0.2) is 24.3 Å². The molecule has 1 saturated carbocycles. The molecular formula is C17H19FN4O2S. The van der Waals surface area contributed by atoms with Crippen LogP contribution in [-0.4, -0.2) is 28.1 Å². The van der Waals surface area contributed by atoms with Crippen LogP contribution in [0.1, 0.15) is 48.0 Å². The lowest BCUT2D eigenvalue weighted by Gasteiger charge is -2.21. The second-order valence-electron chi connectivity index (χ2n) is 6.38. The highest BCUT2D eigenvalue weighted by atomic mass is 32.1. The average Bonchev–Trinajstić information content (AvgIpc) is 3.32. The molecule has 6 nitrogen and oxygen atoms in total. The van der Waals surface area contributed by atoms with Crippen LogP contribution in [0.4, 0.5) is 9.52 Å². The largest absolute Gasteiger partial charge is 0.340 e. The summed E-state index contributed by atoms with van der Waals surface area (Å²) in [6.45, 7) is 3.61. The zero-order valence-corrected chi connectivity index (χ0v) is 14.8. The van der Waals surface area contributed by atoms with Crippen molar-refractivity contribution >= 4 is 28.3 Å². The number of rotatable bonds is 6. The molecule has 1 atom stereocenters. The molecule has 1 aliphatic carbocycles. The quantitative estimate of drug-likeness (QED) is 0.827. The van der Waals surface area contributed by atoms with Gasteiger partial charge in [-0.3, -0.25) is 14.9 Å². The van der Waals surface area contributed by atoms with Gasteiger partial charge in [0, 0.05) is 5.92 Å². The topological polar surface area (TPSA) is 84.0 Å². The predicted molar refractivity (Wildman–Crippen MR) is 93.0 cm³/mol. The Hall–Kier alpha value is -2.35. The monoisotopic (exact) mass is 362 g/mol. The van der Waals surface area contributed by atoms with Crippen molar-refractivity contribution in [2.45, 2.75) is 38.6 Å². The number of aromatic nitrogens is 2. The number of amides is 2. The predicted octanol–water partition coefficient (Wildman–Crippen LogP) is 2.95. The van der Waals surface area contributed by atoms with Gasteiger partial charge in [-0.2, -0.15) is 0 Å². The van der Waals surface area contributed by atoms with Crippen molar-refractivity contribution in [1.82, 2.24) is 15.5 Å². The number of carbonyl (C=O) groups excluding carboxylic acids is 2. The summed E-state index contributed by atoms with van der Waals surface area (Å²) >= 11 is 1.35. The highest BCUT2D eigenvalue weighted by Crippen LogP contribution is 2.42. The van der Waals surface area contributed by atoms with E-state index in [4.69, 9.17) is 0 Å². The Morgan fingerprint density at radius 3 is 2.60 bits per heavy atom. The molecule has 0 radical (unpaired) electrons. The first-order valence-corrected chi connectivity index (χ1v) is 8.97. The lowest BCUT2D eigenvalue weighted by molar-refractivity contribution is -0.118. The fourth-order valence-electron chi connectivity index (χ4n) is 2.36. The van der Waals surface area contributed by atoms with Gasteiger partial charge in [0.05, 0.1) is 5.56 Å². The van der Waals surface area contributed by atoms with Crippen molar-refractivity contribution in [3.63, 3.8) is 0 Å². The van der Waals surface area contributed by atoms with E-state index in [9.17, 15) is 14.0 Å². The molecule has 3 rings (SSSR count). The minimum absolute atomic E-state index is 0.0899. The molecule has 0 spiro atoms. The van der Waals surface area contributed by atoms with Crippen LogP contribution < -0.4 is 10.6 Å². The summed E-state index contributed by atoms with van der Waals surface area (Å²) in [5.41, 5.74) is -0.0899. The Kier molecular flexibility index (Phi) is 5.08. The number of nitrogens with zero attached hydrogens (tertiary/aromatic N) is 2. The van der Waals surface area contributed by atoms with Gasteiger partial charge in [0.1, 0.15) is 16.9 Å². The normalized spacial score (nSPS) is 15.0. The summed E-state index contributed by atoms with van der Waals surface area (Å²) in [6.07, 6.45) is 2.21. The van der Waals surface area contributed by atoms with Crippen molar-refractivity contribution in [3.8, 4) is 0 Å². The summed E-state index contributed by atoms with van der Waals surface area (Å²) in [5, 5.41) is 14.7. The van der Waals surface area contributed by atoms with E-state index in [1.165, 1.54) is 29.5 Å². The molecule has 25 heavy (non-hydrogen) atoms. The number of carbonyl (C=O) groups is 2. The van der Waals surface area contributed by atoms with E-state index in [-0.39, 0.29) is 11.5 Å². The van der Waals surface area contributed by atoms with Gasteiger partial charge in [-0.15, -0.1) is 10.2 Å². The molecule has 0 saturated heterocycles. The van der Waals surface area contributed by atoms with Gasteiger partial charge >= 0.3 is 0 Å². The molecule has 1 aromatic carbocycles. The molecule has 2 amide bonds. The van der Waals surface area contributed by atoms with Gasteiger partial charge in [0.15, 0.2) is 0 Å². The molecular weight excluding hydrogens is 343 g/mol. The third-order valence-corrected chi connectivity index (χ3v) is 4.95. The maximum absolute atomic E-state index is 13.7. The molecule has 0 bridgehead atoms. The van der Waals surface area contributed by atoms with Crippen LogP contribution in [0, 0.1) is 11.7 Å². The second-order valence-corrected chi connectivity index (χ2v) is 7.39. The van der Waals surface area contributed by atoms with Crippen molar-refractivity contribution < 1.29 is 14.0 Å². The van der Waals surface area contributed by atoms with Crippen LogP contribution in [0.3, 0.4) is 0 Å². The van der Waals surface area contributed by atoms with Gasteiger partial charge in [0.25, 0.3) is 5.91 Å². The number of hydrogen-bond donors (Lipinski definition) is 2. The van der Waals surface area contributed by atoms with Crippen molar-refractivity contribution in [2.24, 2.45) is 5.92 Å². The first-order valence-electron chi connectivity index (χ1n) is 8.15. The van der Waals surface area contributed by atoms with Crippen LogP contribution >= 0.6 is 11.3 Å². The zero-order chi connectivity index (χ0) is 18.0. The first kappa shape index (κ1) is 17.5. The van der Waals surface area contributed by atoms with Crippen LogP contribution in [-0.2, 0) is 4.79 Å². The maximum atomic E-state index is 13.7. The molecule has 1 aliphatic rings. The van der Waals surface area contributed by atoms with E-state index in [0.717, 1.165) is 17.8 Å². The van der Waals surface area contributed by atoms with Crippen LogP contribution in [0.5, 0.6) is 0 Å². The van der Waals surface area contributed by atoms with Gasteiger partial charge in [-0.25, -0.2) is 4.39 Å². The smallest absolute Gasteiger partial charge is 0.254 e. The van der Waals surface area contributed by atoms with Gasteiger partial charge in [0.2, 0.25) is 11.0 Å². The maximum Gasteiger partial charge on any atom is 0.254 e. The Morgan fingerprint density at radius 2 is 1.96 bits per heavy atom. The number of nitrogens with one attached hydrogen (secondary N) is 2. The van der Waals surface area contributed by atoms with Crippen molar-refractivity contribution in [1.29, 1.82) is 0 Å². The Bertz CT molecular complexity index is 788. The lowest BCUT2D eigenvalue weighted by atomic mass is 10.0. The molecule has 0 aliphatic heterocycles. The minimum Gasteiger partial charge on any atom is -0.340 e. The number of benzene rings is 1. The minimum atomic E-state index is -0.805. The molecule has 0 unspecified atom stereocenters. The summed E-state index contributed by atoms with van der Waals surface area (Å²) < 4.78 is 13.7. The standard InChI is InChI=1S/C17H19FN4O2S/c1-9(2)13(19-14(23)11-5-3-4-6-12(11)18)15(24)20-17-22-21-16(25-17)10-7-8-10/h3-6,9-10,13H,7-8H2,1-2H3,(H,19,23)(H,20,22,24)/t13-/m0/s1. The van der Waals surface area contributed by atoms with Gasteiger partial charge in [-0.05, 0) is 30.9 Å². The van der Waals surface area contributed by atoms with E-state index >= 15 is 0 Å². The van der Waals surface area contributed by atoms with Gasteiger partial charge < -0.3 is 5.32 Å². The second kappa shape index (κ2) is 7.26. The lowest BCUT2D eigenvalue weighted by Crippen LogP contribution is -2.47. The zero-order valence-electron chi connectivity index (χ0n) is 14.0. The van der Waals surface area contributed by atoms with Gasteiger partial charge in [-0.1, -0.05) is 37.3 Å². The summed E-state index contributed by atoms with van der Waals surface area (Å²) in [7, 11) is 0. The van der Waals surface area contributed by atoms with Crippen molar-refractivity contribution in [3.05, 3.63) is 40.7 Å². The molecule has 8 heteroatoms. The number of hydrogen-bond acceptors (Lipinski definition) is 5. The van der Waals surface area contributed by atoms with E-state index in [2.05, 4.69) is 20.8 Å². The number of anilines is 1. The molecule has 1 aromatic heterocycles. The Morgan fingerprint density at radius 1 is 1.24 bits per heavy atom. The molecule has 1 heterocycles. The fourth-order valence-corrected chi connectivity index (χ4v) is 3.28. The molecule has 2 aromatic rings. The van der Waals surface area contributed by atoms with E-state index in [1.807, 2.05) is 13.8 Å². The third kappa shape index (κ3) is 4.19. The molecule has 1 fully saturated rings. The average molecular weight is 362 g/mol. The molecule has 2 N–H and O–H groups in total. The summed E-state index contributed by atoms with van der Waals surface area (Å²) in [4.78, 5) is 24.8. The summed E-state index contributed by atoms with van der Waals surface area (Å²) in [5.74, 6) is -1.35. The first-order chi connectivity index (χ1) is 12.0. The summed E-state index contributed by atoms with van der Waals surface area (Å²) in [6, 6.07) is 4.86. The highest BCUT2D eigenvalue weighted by Gasteiger charge is 2.29. The Labute approximate surface area is 148 Å². The number of halogens is 1. The molecule has 132 valence electrons. The van der Waals surface area contributed by atoms with E-state index in [1.54, 1.807) is 6.07 Å². The van der Waals surface area contributed by atoms with Crippen LogP contribution in [0.2, 0.25) is 0 Å². The van der Waals surface area contributed by atoms with E-state index in [0.29, 0.717) is 11.0 Å². The highest BCUT2D eigenvalue weighted by molar-refractivity contribution is 7.15. The third-order valence-electron chi connectivity index (χ3n) is 3.95. The van der Waals surface area contributed by atoms with Crippen LogP contribution in [0.25, 0.3) is 0 Å². The SMILES string of the molecule is CC(C)[C@H](NC(=O)c1ccccc1F)C(=O)Nc1nnc(C2CC2)s1. The van der Waals surface area contributed by atoms with E-state index < -0.39 is 23.7 Å². The Balaban J connectivity index is 1.68. The van der Waals surface area contributed by atoms with Crippen molar-refractivity contribution in [2.75, 3.05) is 5.32 Å². The fraction of sp³-hybridized carbons (Fsp3) is 0.412.